The molecule has 1 heterocycles. The number of hydrazone groups is 1. The Morgan fingerprint density at radius 3 is 2.50 bits per heavy atom. The first-order valence-corrected chi connectivity index (χ1v) is 6.73. The summed E-state index contributed by atoms with van der Waals surface area (Å²) in [6, 6.07) is 11.5. The van der Waals surface area contributed by atoms with Gasteiger partial charge in [0.25, 0.3) is 10.0 Å². The zero-order chi connectivity index (χ0) is 13.0. The van der Waals surface area contributed by atoms with Crippen molar-refractivity contribution in [2.24, 2.45) is 5.10 Å². The summed E-state index contributed by atoms with van der Waals surface area (Å²) in [5.74, 6) is 0.519. The third kappa shape index (κ3) is 2.78. The quantitative estimate of drug-likeness (QED) is 0.678. The Bertz CT molecular complexity index is 631. The molecule has 1 aromatic heterocycles. The first kappa shape index (κ1) is 12.4. The Hall–Kier alpha value is -2.08. The van der Waals surface area contributed by atoms with Crippen LogP contribution in [0.2, 0.25) is 0 Å². The van der Waals surface area contributed by atoms with Crippen LogP contribution in [0.1, 0.15) is 12.7 Å². The van der Waals surface area contributed by atoms with E-state index in [1.165, 1.54) is 18.4 Å². The molecule has 1 N–H and O–H groups in total. The van der Waals surface area contributed by atoms with E-state index >= 15 is 0 Å². The van der Waals surface area contributed by atoms with Gasteiger partial charge in [-0.2, -0.15) is 18.4 Å². The average molecular weight is 264 g/mol. The number of nitrogens with zero attached hydrogens (tertiary/aromatic N) is 1. The van der Waals surface area contributed by atoms with Gasteiger partial charge in [-0.05, 0) is 31.2 Å². The number of rotatable bonds is 4. The molecule has 94 valence electrons. The van der Waals surface area contributed by atoms with E-state index in [1.54, 1.807) is 37.3 Å². The third-order valence-corrected chi connectivity index (χ3v) is 3.49. The van der Waals surface area contributed by atoms with Gasteiger partial charge < -0.3 is 4.42 Å². The summed E-state index contributed by atoms with van der Waals surface area (Å²) < 4.78 is 28.8. The zero-order valence-corrected chi connectivity index (χ0v) is 10.5. The zero-order valence-electron chi connectivity index (χ0n) is 9.70. The molecule has 2 rings (SSSR count). The number of benzene rings is 1. The first-order chi connectivity index (χ1) is 8.59. The van der Waals surface area contributed by atoms with Crippen LogP contribution in [0.25, 0.3) is 0 Å². The highest BCUT2D eigenvalue weighted by atomic mass is 32.2. The Morgan fingerprint density at radius 2 is 1.89 bits per heavy atom. The van der Waals surface area contributed by atoms with E-state index in [0.717, 1.165) is 0 Å². The summed E-state index contributed by atoms with van der Waals surface area (Å²) in [6.07, 6.45) is 1.50. The van der Waals surface area contributed by atoms with Crippen molar-refractivity contribution in [1.29, 1.82) is 0 Å². The molecule has 18 heavy (non-hydrogen) atoms. The van der Waals surface area contributed by atoms with Crippen LogP contribution in [0.5, 0.6) is 0 Å². The summed E-state index contributed by atoms with van der Waals surface area (Å²) in [7, 11) is -3.63. The lowest BCUT2D eigenvalue weighted by atomic mass is 10.3. The predicted molar refractivity (Wildman–Crippen MR) is 67.7 cm³/mol. The molecule has 0 atom stereocenters. The molecular weight excluding hydrogens is 252 g/mol. The number of hydrogen-bond donors (Lipinski definition) is 1. The van der Waals surface area contributed by atoms with Crippen molar-refractivity contribution >= 4 is 15.7 Å². The van der Waals surface area contributed by atoms with E-state index in [9.17, 15) is 8.42 Å². The van der Waals surface area contributed by atoms with Gasteiger partial charge in [0.2, 0.25) is 0 Å². The van der Waals surface area contributed by atoms with Gasteiger partial charge in [0.05, 0.1) is 11.2 Å². The molecule has 6 heteroatoms. The van der Waals surface area contributed by atoms with Gasteiger partial charge >= 0.3 is 0 Å². The fraction of sp³-hybridized carbons (Fsp3) is 0.0833. The van der Waals surface area contributed by atoms with Crippen molar-refractivity contribution in [2.75, 3.05) is 0 Å². The summed E-state index contributed by atoms with van der Waals surface area (Å²) in [5, 5.41) is 3.80. The fourth-order valence-corrected chi connectivity index (χ4v) is 2.20. The van der Waals surface area contributed by atoms with Gasteiger partial charge in [-0.25, -0.2) is 0 Å². The van der Waals surface area contributed by atoms with Crippen LogP contribution in [0.3, 0.4) is 0 Å². The molecule has 5 nitrogen and oxygen atoms in total. The van der Waals surface area contributed by atoms with Gasteiger partial charge in [0, 0.05) is 0 Å². The Kier molecular flexibility index (Phi) is 3.47. The van der Waals surface area contributed by atoms with Crippen molar-refractivity contribution in [1.82, 2.24) is 4.83 Å². The van der Waals surface area contributed by atoms with Crippen LogP contribution in [-0.2, 0) is 10.0 Å². The van der Waals surface area contributed by atoms with Crippen molar-refractivity contribution in [2.45, 2.75) is 11.8 Å². The van der Waals surface area contributed by atoms with E-state index in [0.29, 0.717) is 11.5 Å². The molecule has 0 fully saturated rings. The van der Waals surface area contributed by atoms with E-state index in [1.807, 2.05) is 0 Å². The molecule has 0 aliphatic heterocycles. The lowest BCUT2D eigenvalue weighted by molar-refractivity contribution is 0.556. The normalized spacial score (nSPS) is 12.4. The second kappa shape index (κ2) is 5.05. The van der Waals surface area contributed by atoms with Gasteiger partial charge in [-0.15, -0.1) is 0 Å². The molecule has 0 amide bonds. The Labute approximate surface area is 105 Å². The molecule has 0 unspecified atom stereocenters. The summed E-state index contributed by atoms with van der Waals surface area (Å²) in [4.78, 5) is 2.33. The summed E-state index contributed by atoms with van der Waals surface area (Å²) in [6.45, 7) is 1.66. The molecule has 0 radical (unpaired) electrons. The second-order valence-corrected chi connectivity index (χ2v) is 5.24. The van der Waals surface area contributed by atoms with Gasteiger partial charge in [-0.1, -0.05) is 18.2 Å². The lowest BCUT2D eigenvalue weighted by Gasteiger charge is -2.03. The van der Waals surface area contributed by atoms with Crippen LogP contribution < -0.4 is 4.83 Å². The van der Waals surface area contributed by atoms with Crippen LogP contribution in [0.15, 0.2) is 63.1 Å². The molecule has 0 aliphatic rings. The largest absolute Gasteiger partial charge is 0.463 e. The smallest absolute Gasteiger partial charge is 0.276 e. The SMILES string of the molecule is CC(=NNS(=O)(=O)c1ccccc1)c1ccco1. The predicted octanol–water partition coefficient (Wildman–Crippen LogP) is 1.98. The van der Waals surface area contributed by atoms with Crippen LogP contribution in [0.4, 0.5) is 0 Å². The minimum absolute atomic E-state index is 0.168. The fourth-order valence-electron chi connectivity index (χ4n) is 1.32. The van der Waals surface area contributed by atoms with Crippen LogP contribution in [-0.4, -0.2) is 14.1 Å². The molecule has 0 saturated carbocycles. The Balaban J connectivity index is 2.18. The maximum atomic E-state index is 11.9. The minimum atomic E-state index is -3.63. The maximum absolute atomic E-state index is 11.9. The number of furan rings is 1. The third-order valence-electron chi connectivity index (χ3n) is 2.26. The monoisotopic (exact) mass is 264 g/mol. The van der Waals surface area contributed by atoms with E-state index in [4.69, 9.17) is 4.42 Å². The highest BCUT2D eigenvalue weighted by Crippen LogP contribution is 2.07. The van der Waals surface area contributed by atoms with Crippen LogP contribution >= 0.6 is 0 Å². The first-order valence-electron chi connectivity index (χ1n) is 5.24. The van der Waals surface area contributed by atoms with Crippen molar-refractivity contribution in [3.8, 4) is 0 Å². The molecule has 1 aromatic carbocycles. The van der Waals surface area contributed by atoms with Gasteiger partial charge in [0.1, 0.15) is 11.5 Å². The standard InChI is InChI=1S/C12H12N2O3S/c1-10(12-8-5-9-17-12)13-14-18(15,16)11-6-3-2-4-7-11/h2-9,14H,1H3. The lowest BCUT2D eigenvalue weighted by Crippen LogP contribution is -2.19. The van der Waals surface area contributed by atoms with E-state index in [-0.39, 0.29) is 4.90 Å². The summed E-state index contributed by atoms with van der Waals surface area (Å²) >= 11 is 0. The highest BCUT2D eigenvalue weighted by molar-refractivity contribution is 7.89. The maximum Gasteiger partial charge on any atom is 0.276 e. The molecule has 0 bridgehead atoms. The van der Waals surface area contributed by atoms with Crippen LogP contribution in [0, 0.1) is 0 Å². The molecular formula is C12H12N2O3S. The van der Waals surface area contributed by atoms with Gasteiger partial charge in [-0.3, -0.25) is 0 Å². The Morgan fingerprint density at radius 1 is 1.17 bits per heavy atom. The van der Waals surface area contributed by atoms with E-state index in [2.05, 4.69) is 9.93 Å². The average Bonchev–Trinajstić information content (AvgIpc) is 2.91. The van der Waals surface area contributed by atoms with Crippen molar-refractivity contribution in [3.63, 3.8) is 0 Å². The topological polar surface area (TPSA) is 71.7 Å². The van der Waals surface area contributed by atoms with Crippen molar-refractivity contribution < 1.29 is 12.8 Å². The molecule has 0 saturated heterocycles. The number of hydrogen-bond acceptors (Lipinski definition) is 4. The minimum Gasteiger partial charge on any atom is -0.463 e. The van der Waals surface area contributed by atoms with Crippen molar-refractivity contribution in [3.05, 3.63) is 54.5 Å². The molecule has 0 aliphatic carbocycles. The number of nitrogens with one attached hydrogen (secondary N) is 1. The molecule has 2 aromatic rings. The van der Waals surface area contributed by atoms with E-state index < -0.39 is 10.0 Å². The highest BCUT2D eigenvalue weighted by Gasteiger charge is 2.12. The second-order valence-electron chi connectivity index (χ2n) is 3.58. The summed E-state index contributed by atoms with van der Waals surface area (Å²) in [5.41, 5.74) is 0.458. The molecule has 0 spiro atoms. The number of sulfonamides is 1. The van der Waals surface area contributed by atoms with Gasteiger partial charge in [0.15, 0.2) is 0 Å².